The van der Waals surface area contributed by atoms with E-state index in [4.69, 9.17) is 23.7 Å². The van der Waals surface area contributed by atoms with Crippen molar-refractivity contribution >= 4 is 87.0 Å². The minimum absolute atomic E-state index is 0.00358. The van der Waals surface area contributed by atoms with E-state index in [1.54, 1.807) is 165 Å². The van der Waals surface area contributed by atoms with Crippen LogP contribution in [0.4, 0.5) is 9.59 Å². The first-order valence-corrected chi connectivity index (χ1v) is 42.8. The van der Waals surface area contributed by atoms with Gasteiger partial charge in [0, 0.05) is 65.7 Å². The van der Waals surface area contributed by atoms with Crippen LogP contribution in [0.2, 0.25) is 0 Å². The molecule has 12 bridgehead atoms. The van der Waals surface area contributed by atoms with Crippen molar-refractivity contribution in [2.24, 2.45) is 10.8 Å². The summed E-state index contributed by atoms with van der Waals surface area (Å²) >= 11 is 0. The lowest BCUT2D eigenvalue weighted by atomic mass is 9.85. The van der Waals surface area contributed by atoms with Gasteiger partial charge in [0.15, 0.2) is 0 Å². The molecule has 33 nitrogen and oxygen atoms in total. The zero-order valence-corrected chi connectivity index (χ0v) is 75.8. The summed E-state index contributed by atoms with van der Waals surface area (Å²) in [7, 11) is 2.82. The Labute approximate surface area is 740 Å². The number of hydrogen-bond donors (Lipinski definition) is 6. The van der Waals surface area contributed by atoms with Crippen LogP contribution in [0.15, 0.2) is 146 Å². The predicted octanol–water partition coefficient (Wildman–Crippen LogP) is 9.28. The maximum Gasteiger partial charge on any atom is 0.410 e. The van der Waals surface area contributed by atoms with Crippen LogP contribution in [0.3, 0.4) is 0 Å². The van der Waals surface area contributed by atoms with Crippen LogP contribution in [-0.2, 0) is 96.3 Å². The van der Waals surface area contributed by atoms with Crippen LogP contribution < -0.4 is 41.4 Å². The third kappa shape index (κ3) is 25.0. The number of esters is 1. The van der Waals surface area contributed by atoms with Gasteiger partial charge in [0.2, 0.25) is 47.3 Å². The summed E-state index contributed by atoms with van der Waals surface area (Å²) in [4.78, 5) is 168. The third-order valence-corrected chi connectivity index (χ3v) is 22.4. The zero-order valence-electron chi connectivity index (χ0n) is 75.8. The van der Waals surface area contributed by atoms with E-state index in [0.29, 0.717) is 45.1 Å². The Balaban J connectivity index is 0.938. The topological polar surface area (TPSA) is 404 Å². The van der Waals surface area contributed by atoms with Gasteiger partial charge < -0.3 is 65.4 Å². The van der Waals surface area contributed by atoms with Gasteiger partial charge >= 0.3 is 18.2 Å². The van der Waals surface area contributed by atoms with Crippen LogP contribution in [0.5, 0.6) is 11.5 Å². The maximum absolute atomic E-state index is 15.7. The van der Waals surface area contributed by atoms with E-state index < -0.39 is 166 Å². The van der Waals surface area contributed by atoms with Crippen molar-refractivity contribution in [3.05, 3.63) is 179 Å². The number of amides is 10. The van der Waals surface area contributed by atoms with E-state index in [0.717, 1.165) is 31.3 Å². The largest absolute Gasteiger partial charge is 0.487 e. The van der Waals surface area contributed by atoms with Crippen LogP contribution in [0.1, 0.15) is 176 Å². The van der Waals surface area contributed by atoms with Crippen molar-refractivity contribution in [2.45, 2.75) is 259 Å². The molecule has 33 heteroatoms. The van der Waals surface area contributed by atoms with E-state index in [1.807, 2.05) is 84.9 Å². The molecule has 6 aliphatic heterocycles. The lowest BCUT2D eigenvalue weighted by Gasteiger charge is -2.37. The van der Waals surface area contributed by atoms with Crippen molar-refractivity contribution in [2.75, 3.05) is 27.2 Å². The number of fused-ring (bicyclic) bond motifs is 2. The highest BCUT2D eigenvalue weighted by Gasteiger charge is 2.50. The molecule has 0 radical (unpaired) electrons. The summed E-state index contributed by atoms with van der Waals surface area (Å²) in [6.07, 6.45) is 1.28. The van der Waals surface area contributed by atoms with Crippen LogP contribution >= 0.6 is 0 Å². The molecule has 8 aromatic rings. The SMILES string of the molecule is C[C@@H](C(=O)N[C@H](C(=O)N1C[C@@H]2C[C@H]1C(=O)N[C@@H](Cc1ccc3ccccc3c1)C(=O)N[C@H](C#N)Cc1ccc(cc1)OCc1cn(nn1)[C@H]1C[C@@H](C(=O)N[C@@H](Cc3ccc4ccccc4c3)C(=O)N[C@H](C(=O)OC(C)(C)C)Cc3ccc(cc3)OCc3cn2nn3)N(C(=O)[C@@H](NC(=O)[C@H](C)N(C)C(=O)OC(C)(C)C)C(C)(C)C)C1)C(C)(C)C)N(C)C(=O)OC(C)(C)C. The highest BCUT2D eigenvalue weighted by atomic mass is 16.6. The smallest absolute Gasteiger partial charge is 0.410 e. The number of benzene rings is 6. The summed E-state index contributed by atoms with van der Waals surface area (Å²) in [6.45, 7) is 28.2. The number of nitrogens with zero attached hydrogens (tertiary/aromatic N) is 11. The normalized spacial score (nSPS) is 20.6. The number of nitrogens with one attached hydrogen (secondary N) is 6. The molecule has 127 heavy (non-hydrogen) atoms. The second-order valence-corrected chi connectivity index (χ2v) is 38.3. The number of rotatable bonds is 13. The molecular weight excluding hydrogens is 1620 g/mol. The van der Waals surface area contributed by atoms with E-state index in [2.05, 4.69) is 58.6 Å². The first kappa shape index (κ1) is 94.7. The Bertz CT molecular complexity index is 5400. The summed E-state index contributed by atoms with van der Waals surface area (Å²) < 4.78 is 32.7. The van der Waals surface area contributed by atoms with Gasteiger partial charge in [-0.1, -0.05) is 161 Å². The van der Waals surface area contributed by atoms with E-state index >= 15 is 28.8 Å². The Morgan fingerprint density at radius 2 is 0.874 bits per heavy atom. The lowest BCUT2D eigenvalue weighted by Crippen LogP contribution is -2.61. The summed E-state index contributed by atoms with van der Waals surface area (Å²) in [5.74, 6) is -5.67. The monoisotopic (exact) mass is 1740 g/mol. The second-order valence-electron chi connectivity index (χ2n) is 38.3. The van der Waals surface area contributed by atoms with Gasteiger partial charge in [-0.2, -0.15) is 5.26 Å². The number of nitriles is 1. The molecular formula is C94H119N17O16. The Hall–Kier alpha value is -13.0. The average Bonchev–Trinajstić information content (AvgIpc) is 1.65. The van der Waals surface area contributed by atoms with Gasteiger partial charge in [-0.25, -0.2) is 23.7 Å². The molecule has 2 aromatic heterocycles. The molecule has 0 aliphatic carbocycles. The van der Waals surface area contributed by atoms with Gasteiger partial charge in [0.05, 0.1) is 30.5 Å². The van der Waals surface area contributed by atoms with Crippen molar-refractivity contribution in [3.63, 3.8) is 0 Å². The first-order valence-electron chi connectivity index (χ1n) is 42.8. The van der Waals surface area contributed by atoms with Crippen molar-refractivity contribution in [1.29, 1.82) is 5.26 Å². The predicted molar refractivity (Wildman–Crippen MR) is 471 cm³/mol. The van der Waals surface area contributed by atoms with Gasteiger partial charge in [-0.05, 0) is 155 Å². The Kier molecular flexibility index (Phi) is 29.3. The van der Waals surface area contributed by atoms with Crippen LogP contribution in [0, 0.1) is 22.2 Å². The van der Waals surface area contributed by atoms with Crippen molar-refractivity contribution < 1.29 is 76.4 Å². The summed E-state index contributed by atoms with van der Waals surface area (Å²) in [5.41, 5.74) is -1.68. The minimum atomic E-state index is -1.42. The zero-order chi connectivity index (χ0) is 92.5. The average molecular weight is 1740 g/mol. The summed E-state index contributed by atoms with van der Waals surface area (Å²) in [5, 5.41) is 49.8. The number of likely N-dealkylation sites (N-methyl/N-ethyl adjacent to an activating group) is 2. The fraction of sp³-hybridized carbons (Fsp3) is 0.489. The lowest BCUT2D eigenvalue weighted by molar-refractivity contribution is -0.158. The molecule has 6 aliphatic rings. The number of ether oxygens (including phenoxy) is 5. The molecule has 0 unspecified atom stereocenters. The van der Waals surface area contributed by atoms with Gasteiger partial charge in [0.1, 0.15) is 113 Å². The number of carbonyl (C=O) groups excluding carboxylic acids is 11. The van der Waals surface area contributed by atoms with Gasteiger partial charge in [0.25, 0.3) is 0 Å². The number of hydrogen-bond acceptors (Lipinski definition) is 21. The van der Waals surface area contributed by atoms with Crippen molar-refractivity contribution in [3.8, 4) is 17.6 Å². The Morgan fingerprint density at radius 1 is 0.496 bits per heavy atom. The standard InChI is InChI=1S/C94H119N17O16/c1-55(106(18)88(121)126-93(12,13)14)79(112)100-77(90(3,4)5)85(118)108-51-68-46-75(108)83(116)97-72(44-59-28-34-61-24-20-22-26-63(61)40-59)81(114)96-65(48-95)42-57-30-36-70(37-31-57)123-53-66-49-111(104-102-66)69-47-76(109(52-69)86(119)78(91(6,7)8)101-80(113)56(2)107(19)89(122)127-94(15,16)17)84(117)98-73(45-60-29-35-62-25-21-23-27-64(62)41-60)82(115)99-74(87(120)125-92(9,10)11)43-58-32-38-71(39-33-58)124-54-67-50-110(68)105-103-67/h20-41,49-50,55-56,65,68-69,72-78H,42-47,51-54H2,1-19H3,(H,96,114)(H,97,116)(H,98,117)(H,99,115)(H,100,112)(H,101,113)/t55-,56-,65-,68-,69-,72-,73-,74-,75-,76-,77+,78+/m0/s1. The first-order chi connectivity index (χ1) is 59.6. The van der Waals surface area contributed by atoms with E-state index in [-0.39, 0.29) is 64.8 Å². The number of carbonyl (C=O) groups is 11. The van der Waals surface area contributed by atoms with Gasteiger partial charge in [-0.3, -0.25) is 48.2 Å². The molecule has 2 saturated heterocycles. The molecule has 6 aromatic carbocycles. The summed E-state index contributed by atoms with van der Waals surface area (Å²) in [6, 6.07) is 28.0. The number of likely N-dealkylation sites (tertiary alicyclic amines) is 2. The maximum atomic E-state index is 15.7. The highest BCUT2D eigenvalue weighted by Crippen LogP contribution is 2.35. The van der Waals surface area contributed by atoms with Crippen LogP contribution in [0.25, 0.3) is 21.5 Å². The van der Waals surface area contributed by atoms with E-state index in [1.165, 1.54) is 47.1 Å². The van der Waals surface area contributed by atoms with Crippen molar-refractivity contribution in [1.82, 2.24) is 81.5 Å². The Morgan fingerprint density at radius 3 is 1.25 bits per heavy atom. The number of aromatic nitrogens is 6. The fourth-order valence-corrected chi connectivity index (χ4v) is 15.2. The molecule has 6 N–H and O–H groups in total. The molecule has 0 saturated carbocycles. The molecule has 12 atom stereocenters. The highest BCUT2D eigenvalue weighted by molar-refractivity contribution is 5.99. The molecule has 14 rings (SSSR count). The molecule has 8 heterocycles. The fourth-order valence-electron chi connectivity index (χ4n) is 15.2. The molecule has 676 valence electrons. The quantitative estimate of drug-likeness (QED) is 0.0462. The molecule has 0 spiro atoms. The molecule has 2 fully saturated rings. The molecule has 10 amide bonds. The van der Waals surface area contributed by atoms with Gasteiger partial charge in [-0.15, -0.1) is 10.2 Å². The minimum Gasteiger partial charge on any atom is -0.487 e. The third-order valence-electron chi connectivity index (χ3n) is 22.4. The van der Waals surface area contributed by atoms with E-state index in [9.17, 15) is 29.2 Å². The second kappa shape index (κ2) is 39.3. The van der Waals surface area contributed by atoms with Crippen LogP contribution in [-0.4, -0.2) is 219 Å².